The largest absolute Gasteiger partial charge is 0.375 e. The molecule has 1 unspecified atom stereocenters. The van der Waals surface area contributed by atoms with Gasteiger partial charge in [0.1, 0.15) is 0 Å². The molecule has 1 aromatic carbocycles. The van der Waals surface area contributed by atoms with Crippen molar-refractivity contribution < 1.29 is 9.53 Å². The first-order valence-corrected chi connectivity index (χ1v) is 9.09. The van der Waals surface area contributed by atoms with Crippen molar-refractivity contribution in [1.29, 1.82) is 0 Å². The second kappa shape index (κ2) is 6.13. The Bertz CT molecular complexity index is 506. The van der Waals surface area contributed by atoms with E-state index in [4.69, 9.17) is 4.74 Å². The number of rotatable bonds is 2. The Morgan fingerprint density at radius 2 is 1.90 bits per heavy atom. The smallest absolute Gasteiger partial charge is 0.166 e. The molecule has 0 aromatic heterocycles. The minimum absolute atomic E-state index is 0.0135. The summed E-state index contributed by atoms with van der Waals surface area (Å²) < 4.78 is 6.12. The van der Waals surface area contributed by atoms with Gasteiger partial charge in [-0.05, 0) is 62.2 Å². The third kappa shape index (κ3) is 3.04. The van der Waals surface area contributed by atoms with Crippen LogP contribution in [0.4, 0.5) is 0 Å². The van der Waals surface area contributed by atoms with Crippen LogP contribution in [0.25, 0.3) is 0 Å². The van der Waals surface area contributed by atoms with E-state index in [1.165, 1.54) is 11.5 Å². The lowest BCUT2D eigenvalue weighted by atomic mass is 9.77. The van der Waals surface area contributed by atoms with Crippen LogP contribution in [0.15, 0.2) is 18.2 Å². The molecule has 2 heterocycles. The second-order valence-corrected chi connectivity index (χ2v) is 7.69. The SMILES string of the molecule is Cc1cccc(C)c1C(=O)C1CCOC2(CCSCC2)C1. The van der Waals surface area contributed by atoms with Crippen molar-refractivity contribution >= 4 is 17.5 Å². The third-order valence-corrected chi connectivity index (χ3v) is 5.98. The van der Waals surface area contributed by atoms with Gasteiger partial charge in [0.15, 0.2) is 5.78 Å². The third-order valence-electron chi connectivity index (χ3n) is 5.00. The van der Waals surface area contributed by atoms with Gasteiger partial charge in [-0.1, -0.05) is 18.2 Å². The molecule has 1 spiro atoms. The van der Waals surface area contributed by atoms with E-state index in [0.717, 1.165) is 49.0 Å². The van der Waals surface area contributed by atoms with Gasteiger partial charge in [-0.15, -0.1) is 0 Å². The zero-order valence-corrected chi connectivity index (χ0v) is 13.8. The lowest BCUT2D eigenvalue weighted by Gasteiger charge is -2.43. The summed E-state index contributed by atoms with van der Waals surface area (Å²) in [5.41, 5.74) is 3.16. The highest BCUT2D eigenvalue weighted by Crippen LogP contribution is 2.41. The number of Topliss-reactive ketones (excluding diaryl/α,β-unsaturated/α-hetero) is 1. The summed E-state index contributed by atoms with van der Waals surface area (Å²) >= 11 is 2.01. The summed E-state index contributed by atoms with van der Waals surface area (Å²) in [6.07, 6.45) is 4.00. The second-order valence-electron chi connectivity index (χ2n) is 6.46. The molecule has 2 aliphatic rings. The van der Waals surface area contributed by atoms with Crippen molar-refractivity contribution in [2.75, 3.05) is 18.1 Å². The number of aryl methyl sites for hydroxylation is 2. The predicted octanol–water partition coefficient (Wildman–Crippen LogP) is 4.18. The predicted molar refractivity (Wildman–Crippen MR) is 88.2 cm³/mol. The first-order chi connectivity index (χ1) is 10.1. The van der Waals surface area contributed by atoms with Crippen molar-refractivity contribution in [3.05, 3.63) is 34.9 Å². The molecule has 3 heteroatoms. The number of ether oxygens (including phenoxy) is 1. The van der Waals surface area contributed by atoms with E-state index in [1.807, 2.05) is 43.8 Å². The molecule has 114 valence electrons. The molecule has 1 atom stereocenters. The fourth-order valence-electron chi connectivity index (χ4n) is 3.75. The van der Waals surface area contributed by atoms with E-state index in [-0.39, 0.29) is 11.5 Å². The number of carbonyl (C=O) groups is 1. The van der Waals surface area contributed by atoms with Gasteiger partial charge in [0.2, 0.25) is 0 Å². The Morgan fingerprint density at radius 3 is 2.57 bits per heavy atom. The van der Waals surface area contributed by atoms with Crippen LogP contribution in [-0.2, 0) is 4.74 Å². The molecule has 1 aromatic rings. The molecule has 2 fully saturated rings. The van der Waals surface area contributed by atoms with Crippen molar-refractivity contribution in [3.63, 3.8) is 0 Å². The van der Waals surface area contributed by atoms with Crippen molar-refractivity contribution in [1.82, 2.24) is 0 Å². The minimum atomic E-state index is -0.0135. The van der Waals surface area contributed by atoms with E-state index in [2.05, 4.69) is 0 Å². The van der Waals surface area contributed by atoms with Crippen LogP contribution in [0.3, 0.4) is 0 Å². The summed E-state index contributed by atoms with van der Waals surface area (Å²) in [6, 6.07) is 6.13. The van der Waals surface area contributed by atoms with Crippen molar-refractivity contribution in [2.24, 2.45) is 5.92 Å². The fourth-order valence-corrected chi connectivity index (χ4v) is 4.99. The Kier molecular flexibility index (Phi) is 4.41. The van der Waals surface area contributed by atoms with Crippen LogP contribution in [0.5, 0.6) is 0 Å². The summed E-state index contributed by atoms with van der Waals surface area (Å²) in [4.78, 5) is 13.0. The maximum Gasteiger partial charge on any atom is 0.166 e. The molecule has 3 rings (SSSR count). The molecule has 0 bridgehead atoms. The molecule has 0 radical (unpaired) electrons. The number of hydrogen-bond donors (Lipinski definition) is 0. The lowest BCUT2D eigenvalue weighted by molar-refractivity contribution is -0.0959. The number of hydrogen-bond acceptors (Lipinski definition) is 3. The monoisotopic (exact) mass is 304 g/mol. The Labute approximate surface area is 131 Å². The van der Waals surface area contributed by atoms with E-state index in [0.29, 0.717) is 5.78 Å². The Morgan fingerprint density at radius 1 is 1.24 bits per heavy atom. The summed E-state index contributed by atoms with van der Waals surface area (Å²) in [5, 5.41) is 0. The van der Waals surface area contributed by atoms with E-state index in [9.17, 15) is 4.79 Å². The highest BCUT2D eigenvalue weighted by Gasteiger charge is 2.41. The normalized spacial score (nSPS) is 25.0. The summed E-state index contributed by atoms with van der Waals surface area (Å²) in [6.45, 7) is 4.84. The average molecular weight is 304 g/mol. The molecule has 2 aliphatic heterocycles. The molecule has 2 nitrogen and oxygen atoms in total. The van der Waals surface area contributed by atoms with Gasteiger partial charge >= 0.3 is 0 Å². The summed E-state index contributed by atoms with van der Waals surface area (Å²) in [7, 11) is 0. The number of ketones is 1. The van der Waals surface area contributed by atoms with Crippen LogP contribution in [0.2, 0.25) is 0 Å². The molecule has 0 N–H and O–H groups in total. The first-order valence-electron chi connectivity index (χ1n) is 7.93. The number of carbonyl (C=O) groups excluding carboxylic acids is 1. The van der Waals surface area contributed by atoms with E-state index < -0.39 is 0 Å². The van der Waals surface area contributed by atoms with E-state index in [1.54, 1.807) is 0 Å². The molecule has 21 heavy (non-hydrogen) atoms. The Hall–Kier alpha value is -0.800. The highest BCUT2D eigenvalue weighted by atomic mass is 32.2. The molecular formula is C18H24O2S. The minimum Gasteiger partial charge on any atom is -0.375 e. The van der Waals surface area contributed by atoms with Gasteiger partial charge in [-0.2, -0.15) is 11.8 Å². The number of benzene rings is 1. The maximum atomic E-state index is 13.0. The van der Waals surface area contributed by atoms with Gasteiger partial charge in [0.25, 0.3) is 0 Å². The topological polar surface area (TPSA) is 26.3 Å². The zero-order valence-electron chi connectivity index (χ0n) is 13.0. The van der Waals surface area contributed by atoms with Gasteiger partial charge < -0.3 is 4.74 Å². The average Bonchev–Trinajstić information content (AvgIpc) is 2.48. The molecule has 2 saturated heterocycles. The van der Waals surface area contributed by atoms with Crippen LogP contribution in [0.1, 0.15) is 47.2 Å². The highest BCUT2D eigenvalue weighted by molar-refractivity contribution is 7.99. The maximum absolute atomic E-state index is 13.0. The van der Waals surface area contributed by atoms with E-state index >= 15 is 0 Å². The molecule has 0 saturated carbocycles. The Balaban J connectivity index is 1.81. The van der Waals surface area contributed by atoms with Crippen LogP contribution >= 0.6 is 11.8 Å². The fraction of sp³-hybridized carbons (Fsp3) is 0.611. The van der Waals surface area contributed by atoms with Gasteiger partial charge in [-0.25, -0.2) is 0 Å². The van der Waals surface area contributed by atoms with Crippen molar-refractivity contribution in [3.8, 4) is 0 Å². The van der Waals surface area contributed by atoms with Gasteiger partial charge in [0.05, 0.1) is 5.60 Å². The quantitative estimate of drug-likeness (QED) is 0.767. The lowest BCUT2D eigenvalue weighted by Crippen LogP contribution is -2.44. The zero-order chi connectivity index (χ0) is 14.9. The molecular weight excluding hydrogens is 280 g/mol. The summed E-state index contributed by atoms with van der Waals surface area (Å²) in [5.74, 6) is 2.82. The molecule has 0 aliphatic carbocycles. The first kappa shape index (κ1) is 15.1. The van der Waals surface area contributed by atoms with Crippen LogP contribution < -0.4 is 0 Å². The standard InChI is InChI=1S/C18H24O2S/c1-13-4-3-5-14(2)16(13)17(19)15-6-9-20-18(12-15)7-10-21-11-8-18/h3-5,15H,6-12H2,1-2H3. The van der Waals surface area contributed by atoms with Crippen LogP contribution in [-0.4, -0.2) is 29.5 Å². The van der Waals surface area contributed by atoms with Crippen molar-refractivity contribution in [2.45, 2.75) is 45.1 Å². The van der Waals surface area contributed by atoms with Crippen LogP contribution in [0, 0.1) is 19.8 Å². The van der Waals surface area contributed by atoms with Gasteiger partial charge in [0, 0.05) is 18.1 Å². The van der Waals surface area contributed by atoms with Gasteiger partial charge in [-0.3, -0.25) is 4.79 Å². The number of thioether (sulfide) groups is 1. The molecule has 0 amide bonds.